The molecule has 222 valence electrons. The molecule has 0 N–H and O–H groups in total. The van der Waals surface area contributed by atoms with Crippen molar-refractivity contribution in [2.24, 2.45) is 0 Å². The summed E-state index contributed by atoms with van der Waals surface area (Å²) in [6.45, 7) is 5.88. The van der Waals surface area contributed by atoms with Crippen LogP contribution in [0.4, 0.5) is 0 Å². The molecule has 0 bridgehead atoms. The summed E-state index contributed by atoms with van der Waals surface area (Å²) >= 11 is 0. The average molecular weight is 549 g/mol. The second kappa shape index (κ2) is 23.2. The summed E-state index contributed by atoms with van der Waals surface area (Å²) < 4.78 is 11.6. The lowest BCUT2D eigenvalue weighted by atomic mass is 10.0. The Kier molecular flexibility index (Phi) is 19.5. The molecule has 0 amide bonds. The zero-order valence-electron chi connectivity index (χ0n) is 25.6. The molecule has 0 aliphatic carbocycles. The van der Waals surface area contributed by atoms with E-state index in [-0.39, 0.29) is 5.78 Å². The highest BCUT2D eigenvalue weighted by atomic mass is 16.5. The molecule has 0 saturated carbocycles. The van der Waals surface area contributed by atoms with E-state index < -0.39 is 0 Å². The van der Waals surface area contributed by atoms with Crippen LogP contribution in [0.5, 0.6) is 11.5 Å². The number of ether oxygens (including phenoxy) is 2. The minimum Gasteiger partial charge on any atom is -0.494 e. The van der Waals surface area contributed by atoms with Gasteiger partial charge < -0.3 is 9.47 Å². The fourth-order valence-corrected chi connectivity index (χ4v) is 4.86. The predicted octanol–water partition coefficient (Wildman–Crippen LogP) is 11.4. The minimum atomic E-state index is -0.0175. The van der Waals surface area contributed by atoms with Gasteiger partial charge in [-0.25, -0.2) is 0 Å². The molecule has 2 rings (SSSR count). The second-order valence-corrected chi connectivity index (χ2v) is 11.1. The zero-order chi connectivity index (χ0) is 28.5. The molecule has 0 atom stereocenters. The van der Waals surface area contributed by atoms with Crippen LogP contribution >= 0.6 is 0 Å². The molecular weight excluding hydrogens is 492 g/mol. The van der Waals surface area contributed by atoms with E-state index >= 15 is 0 Å². The first-order valence-electron chi connectivity index (χ1n) is 16.4. The topological polar surface area (TPSA) is 35.5 Å². The number of carbonyl (C=O) groups is 1. The molecule has 3 nitrogen and oxygen atoms in total. The van der Waals surface area contributed by atoms with E-state index in [1.807, 2.05) is 54.6 Å². The van der Waals surface area contributed by atoms with Crippen LogP contribution < -0.4 is 9.47 Å². The van der Waals surface area contributed by atoms with Gasteiger partial charge in [-0.3, -0.25) is 4.79 Å². The summed E-state index contributed by atoms with van der Waals surface area (Å²) in [5, 5.41) is 0. The fraction of sp³-hybridized carbons (Fsp3) is 0.595. The molecule has 2 aromatic rings. The quantitative estimate of drug-likeness (QED) is 0.0703. The van der Waals surface area contributed by atoms with Gasteiger partial charge in [-0.2, -0.15) is 0 Å². The van der Waals surface area contributed by atoms with Crippen molar-refractivity contribution < 1.29 is 14.3 Å². The Hall–Kier alpha value is -2.55. The molecule has 0 heterocycles. The summed E-state index contributed by atoms with van der Waals surface area (Å²) in [5.74, 6) is 1.62. The van der Waals surface area contributed by atoms with Crippen molar-refractivity contribution >= 4 is 11.9 Å². The molecule has 0 spiro atoms. The molecule has 0 radical (unpaired) electrons. The lowest BCUT2D eigenvalue weighted by Crippen LogP contribution is -2.00. The summed E-state index contributed by atoms with van der Waals surface area (Å²) in [4.78, 5) is 12.7. The van der Waals surface area contributed by atoms with Crippen molar-refractivity contribution in [2.75, 3.05) is 13.2 Å². The van der Waals surface area contributed by atoms with E-state index in [1.165, 1.54) is 96.3 Å². The average Bonchev–Trinajstić information content (AvgIpc) is 2.98. The van der Waals surface area contributed by atoms with Crippen molar-refractivity contribution in [3.8, 4) is 11.5 Å². The van der Waals surface area contributed by atoms with Gasteiger partial charge in [0.1, 0.15) is 11.5 Å². The maximum absolute atomic E-state index is 12.7. The van der Waals surface area contributed by atoms with Gasteiger partial charge in [0, 0.05) is 5.56 Å². The van der Waals surface area contributed by atoms with Crippen molar-refractivity contribution in [1.29, 1.82) is 0 Å². The molecule has 0 fully saturated rings. The second-order valence-electron chi connectivity index (χ2n) is 11.1. The Morgan fingerprint density at radius 3 is 1.65 bits per heavy atom. The summed E-state index contributed by atoms with van der Waals surface area (Å²) in [7, 11) is 0. The van der Waals surface area contributed by atoms with Gasteiger partial charge in [-0.05, 0) is 48.7 Å². The SMILES string of the molecule is CCCCCCCCCCCCCCCCCCOc1cccc(C(=O)/C=C/c2ccc(OCCCC)cc2)c1. The number of rotatable bonds is 25. The van der Waals surface area contributed by atoms with Crippen molar-refractivity contribution in [1.82, 2.24) is 0 Å². The lowest BCUT2D eigenvalue weighted by Gasteiger charge is -2.07. The van der Waals surface area contributed by atoms with E-state index in [4.69, 9.17) is 9.47 Å². The van der Waals surface area contributed by atoms with Gasteiger partial charge in [0.05, 0.1) is 13.2 Å². The highest BCUT2D eigenvalue weighted by molar-refractivity contribution is 6.07. The molecule has 0 unspecified atom stereocenters. The first-order valence-corrected chi connectivity index (χ1v) is 16.4. The zero-order valence-corrected chi connectivity index (χ0v) is 25.6. The maximum Gasteiger partial charge on any atom is 0.185 e. The number of carbonyl (C=O) groups excluding carboxylic acids is 1. The number of hydrogen-bond donors (Lipinski definition) is 0. The largest absolute Gasteiger partial charge is 0.494 e. The maximum atomic E-state index is 12.7. The number of hydrogen-bond acceptors (Lipinski definition) is 3. The standard InChI is InChI=1S/C37H56O3/c1-3-5-7-8-9-10-11-12-13-14-15-16-17-18-19-20-31-40-36-23-21-22-34(32-36)37(38)29-26-33-24-27-35(28-25-33)39-30-6-4-2/h21-29,32H,3-20,30-31H2,1-2H3/b29-26+. The number of benzene rings is 2. The molecule has 0 aromatic heterocycles. The number of unbranched alkanes of at least 4 members (excludes halogenated alkanes) is 16. The van der Waals surface area contributed by atoms with E-state index in [9.17, 15) is 4.79 Å². The van der Waals surface area contributed by atoms with Gasteiger partial charge >= 0.3 is 0 Å². The Morgan fingerprint density at radius 1 is 0.575 bits per heavy atom. The lowest BCUT2D eigenvalue weighted by molar-refractivity contribution is 0.104. The normalized spacial score (nSPS) is 11.2. The molecular formula is C37H56O3. The van der Waals surface area contributed by atoms with Crippen LogP contribution in [0, 0.1) is 0 Å². The molecule has 0 aliphatic rings. The molecule has 40 heavy (non-hydrogen) atoms. The first-order chi connectivity index (χ1) is 19.7. The Labute approximate surface area is 245 Å². The third-order valence-electron chi connectivity index (χ3n) is 7.46. The first kappa shape index (κ1) is 33.7. The summed E-state index contributed by atoms with van der Waals surface area (Å²) in [5.41, 5.74) is 1.63. The van der Waals surface area contributed by atoms with Crippen molar-refractivity contribution in [2.45, 2.75) is 129 Å². The van der Waals surface area contributed by atoms with Crippen LogP contribution in [0.15, 0.2) is 54.6 Å². The minimum absolute atomic E-state index is 0.0175. The smallest absolute Gasteiger partial charge is 0.185 e. The Balaban J connectivity index is 1.50. The van der Waals surface area contributed by atoms with Gasteiger partial charge in [0.15, 0.2) is 5.78 Å². The van der Waals surface area contributed by atoms with Gasteiger partial charge in [0.2, 0.25) is 0 Å². The number of allylic oxidation sites excluding steroid dienone is 1. The third-order valence-corrected chi connectivity index (χ3v) is 7.46. The van der Waals surface area contributed by atoms with Gasteiger partial charge in [-0.15, -0.1) is 0 Å². The van der Waals surface area contributed by atoms with Gasteiger partial charge in [0.25, 0.3) is 0 Å². The van der Waals surface area contributed by atoms with Gasteiger partial charge in [-0.1, -0.05) is 147 Å². The van der Waals surface area contributed by atoms with Crippen LogP contribution in [-0.4, -0.2) is 19.0 Å². The molecule has 2 aromatic carbocycles. The van der Waals surface area contributed by atoms with Crippen LogP contribution in [0.2, 0.25) is 0 Å². The monoisotopic (exact) mass is 548 g/mol. The highest BCUT2D eigenvalue weighted by Gasteiger charge is 2.04. The van der Waals surface area contributed by atoms with Crippen molar-refractivity contribution in [3.63, 3.8) is 0 Å². The van der Waals surface area contributed by atoms with Crippen molar-refractivity contribution in [3.05, 3.63) is 65.7 Å². The molecule has 3 heteroatoms. The predicted molar refractivity (Wildman–Crippen MR) is 172 cm³/mol. The third kappa shape index (κ3) is 16.5. The fourth-order valence-electron chi connectivity index (χ4n) is 4.86. The van der Waals surface area contributed by atoms with Crippen LogP contribution in [0.1, 0.15) is 145 Å². The Morgan fingerprint density at radius 2 is 1.07 bits per heavy atom. The van der Waals surface area contributed by atoms with E-state index in [0.717, 1.165) is 42.9 Å². The molecule has 0 saturated heterocycles. The Bertz CT molecular complexity index is 915. The van der Waals surface area contributed by atoms with E-state index in [0.29, 0.717) is 12.2 Å². The van der Waals surface area contributed by atoms with E-state index in [1.54, 1.807) is 6.08 Å². The van der Waals surface area contributed by atoms with Crippen LogP contribution in [0.3, 0.4) is 0 Å². The highest BCUT2D eigenvalue weighted by Crippen LogP contribution is 2.18. The number of ketones is 1. The van der Waals surface area contributed by atoms with E-state index in [2.05, 4.69) is 13.8 Å². The summed E-state index contributed by atoms with van der Waals surface area (Å²) in [6, 6.07) is 15.4. The van der Waals surface area contributed by atoms with Crippen LogP contribution in [-0.2, 0) is 0 Å². The van der Waals surface area contributed by atoms with Crippen LogP contribution in [0.25, 0.3) is 6.08 Å². The summed E-state index contributed by atoms with van der Waals surface area (Å²) in [6.07, 6.45) is 27.5. The molecule has 0 aliphatic heterocycles.